The lowest BCUT2D eigenvalue weighted by Crippen LogP contribution is -2.40. The number of unbranched alkanes of at least 4 members (excludes halogenated alkanes) is 2. The highest BCUT2D eigenvalue weighted by molar-refractivity contribution is 7.89. The maximum Gasteiger partial charge on any atom is 0.322 e. The van der Waals surface area contributed by atoms with Gasteiger partial charge in [0.2, 0.25) is 10.0 Å². The van der Waals surface area contributed by atoms with Crippen molar-refractivity contribution in [2.45, 2.75) is 55.9 Å². The van der Waals surface area contributed by atoms with Gasteiger partial charge in [0.15, 0.2) is 0 Å². The molecule has 8 heteroatoms. The number of sulfonamides is 1. The minimum absolute atomic E-state index is 0.0521. The van der Waals surface area contributed by atoms with Crippen LogP contribution in [0.15, 0.2) is 59.5 Å². The summed E-state index contributed by atoms with van der Waals surface area (Å²) in [6, 6.07) is 10.8. The number of rotatable bonds is 11. The average molecular weight is 444 g/mol. The molecule has 1 aromatic heterocycles. The van der Waals surface area contributed by atoms with Crippen molar-refractivity contribution in [3.05, 3.63) is 65.9 Å². The van der Waals surface area contributed by atoms with Gasteiger partial charge in [0.05, 0.1) is 4.90 Å². The quantitative estimate of drug-likeness (QED) is 0.362. The standard InChI is InChI=1S/C23H29N3O4S/c27-23(28)21(26-31(29,30)20-12-6-4-7-13-20)14-8-3-1-2-5-11-19-16-15-18-10-9-17-24-22(18)25-19/h3-4,6-8,12-13,15-16,21,26H,1-2,5,9-11,14,17H2,(H,24,25)(H,27,28). The highest BCUT2D eigenvalue weighted by atomic mass is 32.2. The number of nitrogens with zero attached hydrogens (tertiary/aromatic N) is 1. The molecule has 31 heavy (non-hydrogen) atoms. The number of carboxylic acids is 1. The van der Waals surface area contributed by atoms with Crippen molar-refractivity contribution in [2.24, 2.45) is 0 Å². The fourth-order valence-corrected chi connectivity index (χ4v) is 4.70. The Bertz CT molecular complexity index is 1010. The summed E-state index contributed by atoms with van der Waals surface area (Å²) < 4.78 is 26.9. The molecule has 1 atom stereocenters. The summed E-state index contributed by atoms with van der Waals surface area (Å²) in [5, 5.41) is 12.7. The van der Waals surface area contributed by atoms with E-state index < -0.39 is 22.0 Å². The van der Waals surface area contributed by atoms with Gasteiger partial charge in [-0.2, -0.15) is 4.72 Å². The molecule has 3 N–H and O–H groups in total. The molecule has 0 aliphatic carbocycles. The van der Waals surface area contributed by atoms with Crippen LogP contribution in [0.2, 0.25) is 0 Å². The van der Waals surface area contributed by atoms with Crippen molar-refractivity contribution in [2.75, 3.05) is 11.9 Å². The number of anilines is 1. The number of aliphatic carboxylic acids is 1. The van der Waals surface area contributed by atoms with E-state index >= 15 is 0 Å². The van der Waals surface area contributed by atoms with E-state index in [1.165, 1.54) is 17.7 Å². The van der Waals surface area contributed by atoms with Gasteiger partial charge in [0, 0.05) is 12.2 Å². The molecule has 7 nitrogen and oxygen atoms in total. The highest BCUT2D eigenvalue weighted by Gasteiger charge is 2.24. The molecule has 2 heterocycles. The monoisotopic (exact) mass is 443 g/mol. The Labute approximate surface area is 183 Å². The van der Waals surface area contributed by atoms with Crippen molar-refractivity contribution < 1.29 is 18.3 Å². The van der Waals surface area contributed by atoms with Crippen LogP contribution in [-0.4, -0.2) is 37.1 Å². The number of aryl methyl sites for hydroxylation is 2. The Morgan fingerprint density at radius 3 is 2.74 bits per heavy atom. The Balaban J connectivity index is 1.41. The second-order valence-electron chi connectivity index (χ2n) is 7.62. The summed E-state index contributed by atoms with van der Waals surface area (Å²) in [5.41, 5.74) is 2.37. The number of carbonyl (C=O) groups is 1. The lowest BCUT2D eigenvalue weighted by molar-refractivity contribution is -0.138. The summed E-state index contributed by atoms with van der Waals surface area (Å²) in [5.74, 6) is -0.183. The van der Waals surface area contributed by atoms with Crippen molar-refractivity contribution in [3.63, 3.8) is 0 Å². The van der Waals surface area contributed by atoms with Gasteiger partial charge < -0.3 is 10.4 Å². The molecule has 0 saturated heterocycles. The Hall–Kier alpha value is -2.71. The summed E-state index contributed by atoms with van der Waals surface area (Å²) in [4.78, 5) is 16.2. The van der Waals surface area contributed by atoms with Gasteiger partial charge in [-0.15, -0.1) is 0 Å². The molecular weight excluding hydrogens is 414 g/mol. The lowest BCUT2D eigenvalue weighted by atomic mass is 10.1. The zero-order chi connectivity index (χ0) is 22.1. The second kappa shape index (κ2) is 11.1. The van der Waals surface area contributed by atoms with E-state index in [0.29, 0.717) is 0 Å². The maximum absolute atomic E-state index is 12.3. The third kappa shape index (κ3) is 6.90. The minimum atomic E-state index is -3.87. The van der Waals surface area contributed by atoms with Crippen LogP contribution in [0.5, 0.6) is 0 Å². The van der Waals surface area contributed by atoms with Gasteiger partial charge in [0.1, 0.15) is 11.9 Å². The number of hydrogen-bond donors (Lipinski definition) is 3. The van der Waals surface area contributed by atoms with Crippen LogP contribution >= 0.6 is 0 Å². The van der Waals surface area contributed by atoms with Gasteiger partial charge in [-0.1, -0.05) is 36.4 Å². The zero-order valence-electron chi connectivity index (χ0n) is 17.5. The van der Waals surface area contributed by atoms with Crippen molar-refractivity contribution >= 4 is 21.8 Å². The van der Waals surface area contributed by atoms with Crippen molar-refractivity contribution in [1.82, 2.24) is 9.71 Å². The van der Waals surface area contributed by atoms with E-state index in [9.17, 15) is 18.3 Å². The SMILES string of the molecule is O=C(O)C(CC=CCCCCc1ccc2c(n1)NCCC2)NS(=O)(=O)c1ccccc1. The molecule has 0 radical (unpaired) electrons. The number of allylic oxidation sites excluding steroid dienone is 1. The summed E-state index contributed by atoms with van der Waals surface area (Å²) in [6.07, 6.45) is 9.62. The molecule has 1 aliphatic heterocycles. The molecule has 1 aromatic carbocycles. The molecule has 1 aliphatic rings. The maximum atomic E-state index is 12.3. The first kappa shape index (κ1) is 23.0. The minimum Gasteiger partial charge on any atom is -0.480 e. The predicted molar refractivity (Wildman–Crippen MR) is 121 cm³/mol. The van der Waals surface area contributed by atoms with Gasteiger partial charge in [0.25, 0.3) is 0 Å². The molecule has 0 bridgehead atoms. The van der Waals surface area contributed by atoms with Crippen LogP contribution in [0.3, 0.4) is 0 Å². The predicted octanol–water partition coefficient (Wildman–Crippen LogP) is 3.53. The van der Waals surface area contributed by atoms with E-state index in [2.05, 4.69) is 27.2 Å². The number of nitrogens with one attached hydrogen (secondary N) is 2. The van der Waals surface area contributed by atoms with Crippen LogP contribution in [-0.2, 0) is 27.7 Å². The second-order valence-corrected chi connectivity index (χ2v) is 9.33. The van der Waals surface area contributed by atoms with E-state index in [4.69, 9.17) is 0 Å². The van der Waals surface area contributed by atoms with E-state index in [0.717, 1.165) is 56.6 Å². The molecule has 0 amide bonds. The molecule has 2 aromatic rings. The molecule has 0 fully saturated rings. The Morgan fingerprint density at radius 1 is 1.16 bits per heavy atom. The third-order valence-electron chi connectivity index (χ3n) is 5.19. The molecule has 1 unspecified atom stereocenters. The molecule has 0 saturated carbocycles. The van der Waals surface area contributed by atoms with Crippen LogP contribution in [0.4, 0.5) is 5.82 Å². The number of hydrogen-bond acceptors (Lipinski definition) is 5. The molecular formula is C23H29N3O4S. The normalized spacial score (nSPS) is 14.7. The fourth-order valence-electron chi connectivity index (χ4n) is 3.48. The fraction of sp³-hybridized carbons (Fsp3) is 0.391. The average Bonchev–Trinajstić information content (AvgIpc) is 2.78. The molecule has 3 rings (SSSR count). The summed E-state index contributed by atoms with van der Waals surface area (Å²) in [7, 11) is -3.87. The van der Waals surface area contributed by atoms with Crippen LogP contribution < -0.4 is 10.0 Å². The summed E-state index contributed by atoms with van der Waals surface area (Å²) in [6.45, 7) is 0.979. The van der Waals surface area contributed by atoms with Gasteiger partial charge in [-0.3, -0.25) is 4.79 Å². The van der Waals surface area contributed by atoms with E-state index in [1.54, 1.807) is 24.3 Å². The number of fused-ring (bicyclic) bond motifs is 1. The van der Waals surface area contributed by atoms with Crippen molar-refractivity contribution in [3.8, 4) is 0 Å². The van der Waals surface area contributed by atoms with E-state index in [-0.39, 0.29) is 11.3 Å². The smallest absolute Gasteiger partial charge is 0.322 e. The topological polar surface area (TPSA) is 108 Å². The molecule has 166 valence electrons. The van der Waals surface area contributed by atoms with Gasteiger partial charge in [-0.25, -0.2) is 13.4 Å². The lowest BCUT2D eigenvalue weighted by Gasteiger charge is -2.17. The van der Waals surface area contributed by atoms with E-state index in [1.807, 2.05) is 6.08 Å². The van der Waals surface area contributed by atoms with Gasteiger partial charge >= 0.3 is 5.97 Å². The number of pyridine rings is 1. The van der Waals surface area contributed by atoms with Gasteiger partial charge in [-0.05, 0) is 68.7 Å². The Morgan fingerprint density at radius 2 is 1.97 bits per heavy atom. The molecule has 0 spiro atoms. The number of benzene rings is 1. The van der Waals surface area contributed by atoms with Crippen LogP contribution in [0.25, 0.3) is 0 Å². The first-order chi connectivity index (χ1) is 15.0. The third-order valence-corrected chi connectivity index (χ3v) is 6.68. The van der Waals surface area contributed by atoms with Crippen LogP contribution in [0, 0.1) is 0 Å². The first-order valence-corrected chi connectivity index (χ1v) is 12.1. The summed E-state index contributed by atoms with van der Waals surface area (Å²) >= 11 is 0. The Kier molecular flexibility index (Phi) is 8.20. The number of aromatic nitrogens is 1. The van der Waals surface area contributed by atoms with Crippen LogP contribution in [0.1, 0.15) is 43.4 Å². The largest absolute Gasteiger partial charge is 0.480 e. The zero-order valence-corrected chi connectivity index (χ0v) is 18.3. The first-order valence-electron chi connectivity index (χ1n) is 10.6. The highest BCUT2D eigenvalue weighted by Crippen LogP contribution is 2.20. The van der Waals surface area contributed by atoms with Crippen molar-refractivity contribution in [1.29, 1.82) is 0 Å². The number of carboxylic acid groups (broad SMARTS) is 1.